The molecule has 3 rings (SSSR count). The van der Waals surface area contributed by atoms with E-state index in [9.17, 15) is 14.7 Å². The molecule has 0 bridgehead atoms. The first-order valence-corrected chi connectivity index (χ1v) is 12.3. The minimum absolute atomic E-state index is 0.210. The number of aliphatic carboxylic acids is 1. The molecule has 2 fully saturated rings. The van der Waals surface area contributed by atoms with Crippen molar-refractivity contribution in [2.24, 2.45) is 17.8 Å². The highest BCUT2D eigenvalue weighted by Gasteiger charge is 2.45. The molecule has 1 aromatic rings. The van der Waals surface area contributed by atoms with E-state index in [1.54, 1.807) is 6.92 Å². The lowest BCUT2D eigenvalue weighted by atomic mass is 9.92. The number of nitrogens with zero attached hydrogens (tertiary/aromatic N) is 3. The monoisotopic (exact) mass is 485 g/mol. The fraction of sp³-hybridized carbons (Fsp3) is 0.538. The van der Waals surface area contributed by atoms with Crippen molar-refractivity contribution in [2.75, 3.05) is 11.9 Å². The van der Waals surface area contributed by atoms with Gasteiger partial charge < -0.3 is 20.6 Å². The number of carbonyl (C=O) groups excluding carboxylic acids is 1. The van der Waals surface area contributed by atoms with Gasteiger partial charge in [0.1, 0.15) is 12.2 Å². The van der Waals surface area contributed by atoms with E-state index in [0.717, 1.165) is 25.7 Å². The Morgan fingerprint density at radius 2 is 1.89 bits per heavy atom. The molecule has 1 aromatic heterocycles. The maximum absolute atomic E-state index is 15.5. The summed E-state index contributed by atoms with van der Waals surface area (Å²) in [4.78, 5) is 33.9. The van der Waals surface area contributed by atoms with Gasteiger partial charge in [-0.05, 0) is 49.7 Å². The summed E-state index contributed by atoms with van der Waals surface area (Å²) in [5, 5.41) is 14.7. The second-order valence-electron chi connectivity index (χ2n) is 9.87. The van der Waals surface area contributed by atoms with Crippen molar-refractivity contribution >= 4 is 17.7 Å². The van der Waals surface area contributed by atoms with E-state index in [0.29, 0.717) is 35.8 Å². The smallest absolute Gasteiger partial charge is 0.323 e. The molecule has 2 aliphatic carbocycles. The third-order valence-corrected chi connectivity index (χ3v) is 6.58. The van der Waals surface area contributed by atoms with Crippen LogP contribution in [-0.2, 0) is 4.79 Å². The number of rotatable bonds is 10. The van der Waals surface area contributed by atoms with Gasteiger partial charge in [0.15, 0.2) is 0 Å². The van der Waals surface area contributed by atoms with Crippen molar-refractivity contribution in [3.8, 4) is 0 Å². The highest BCUT2D eigenvalue weighted by Crippen LogP contribution is 2.45. The number of carbonyl (C=O) groups is 2. The van der Waals surface area contributed by atoms with Crippen molar-refractivity contribution in [1.82, 2.24) is 20.2 Å². The lowest BCUT2D eigenvalue weighted by Gasteiger charge is -2.39. The fourth-order valence-corrected chi connectivity index (χ4v) is 4.66. The van der Waals surface area contributed by atoms with Gasteiger partial charge in [-0.1, -0.05) is 39.7 Å². The summed E-state index contributed by atoms with van der Waals surface area (Å²) in [5.41, 5.74) is 1.63. The van der Waals surface area contributed by atoms with Crippen LogP contribution in [0.3, 0.4) is 0 Å². The van der Waals surface area contributed by atoms with Crippen molar-refractivity contribution < 1.29 is 19.1 Å². The van der Waals surface area contributed by atoms with Crippen molar-refractivity contribution in [3.63, 3.8) is 0 Å². The van der Waals surface area contributed by atoms with Gasteiger partial charge in [-0.2, -0.15) is 0 Å². The molecule has 2 aliphatic rings. The Labute approximate surface area is 206 Å². The topological polar surface area (TPSA) is 107 Å². The van der Waals surface area contributed by atoms with E-state index in [4.69, 9.17) is 0 Å². The number of allylic oxidation sites excluding steroid dienone is 3. The average Bonchev–Trinajstić information content (AvgIpc) is 3.63. The summed E-state index contributed by atoms with van der Waals surface area (Å²) in [6, 6.07) is -0.319. The molecular formula is C26H36FN5O3. The molecule has 2 atom stereocenters. The van der Waals surface area contributed by atoms with Gasteiger partial charge in [-0.15, -0.1) is 0 Å². The molecule has 0 saturated heterocycles. The zero-order chi connectivity index (χ0) is 25.5. The first kappa shape index (κ1) is 26.4. The molecule has 1 heterocycles. The van der Waals surface area contributed by atoms with Gasteiger partial charge >= 0.3 is 12.0 Å². The minimum atomic E-state index is -0.900. The van der Waals surface area contributed by atoms with Crippen LogP contribution >= 0.6 is 0 Å². The number of amides is 2. The zero-order valence-corrected chi connectivity index (χ0v) is 20.8. The summed E-state index contributed by atoms with van der Waals surface area (Å²) in [7, 11) is 0. The molecule has 2 saturated carbocycles. The Kier molecular flexibility index (Phi) is 9.01. The highest BCUT2D eigenvalue weighted by molar-refractivity contribution is 5.90. The number of anilines is 1. The summed E-state index contributed by atoms with van der Waals surface area (Å²) in [6.45, 7) is 10.6. The maximum Gasteiger partial charge on any atom is 0.323 e. The molecule has 9 heteroatoms. The summed E-state index contributed by atoms with van der Waals surface area (Å²) in [6.07, 6.45) is 11.5. The molecule has 0 radical (unpaired) electrons. The van der Waals surface area contributed by atoms with Crippen LogP contribution in [0.5, 0.6) is 0 Å². The standard InChI is InChI=1S/C26H36FN5O3/c1-16(2)14-32(20-8-6-5-7-9-20)24(11-23(27)17(3)21-10-22(21)25(33)34)18(4)30-26(35)31-19-12-28-15-29-13-19/h11-13,15-16,20-22H,4-10,14H2,1-3H3,(H,33,34)(H2,30,31,35)/b23-17-,24-11+/t21-,22-/m1/s1. The SMILES string of the molecule is C=C(NC(=O)Nc1cncnc1)/C(=C\C(F)=C(/C)[C@H]1C[C@H]1C(=O)O)N(CC(C)C)C1CCCCC1. The first-order valence-electron chi connectivity index (χ1n) is 12.3. The van der Waals surface area contributed by atoms with Gasteiger partial charge in [-0.25, -0.2) is 19.2 Å². The molecule has 3 N–H and O–H groups in total. The number of nitrogens with one attached hydrogen (secondary N) is 2. The normalized spacial score (nSPS) is 21.2. The summed E-state index contributed by atoms with van der Waals surface area (Å²) in [5.74, 6) is -1.92. The maximum atomic E-state index is 15.5. The molecule has 35 heavy (non-hydrogen) atoms. The van der Waals surface area contributed by atoms with E-state index in [1.807, 2.05) is 0 Å². The molecule has 0 spiro atoms. The third kappa shape index (κ3) is 7.37. The molecule has 0 aliphatic heterocycles. The van der Waals surface area contributed by atoms with E-state index in [1.165, 1.54) is 31.2 Å². The average molecular weight is 486 g/mol. The van der Waals surface area contributed by atoms with Crippen LogP contribution < -0.4 is 10.6 Å². The zero-order valence-electron chi connectivity index (χ0n) is 20.8. The van der Waals surface area contributed by atoms with Gasteiger partial charge in [0.2, 0.25) is 0 Å². The van der Waals surface area contributed by atoms with E-state index in [2.05, 4.69) is 45.9 Å². The molecule has 190 valence electrons. The van der Waals surface area contributed by atoms with Crippen LogP contribution in [0.15, 0.2) is 54.2 Å². The lowest BCUT2D eigenvalue weighted by molar-refractivity contribution is -0.138. The van der Waals surface area contributed by atoms with E-state index < -0.39 is 23.7 Å². The van der Waals surface area contributed by atoms with Crippen LogP contribution in [0.2, 0.25) is 0 Å². The second-order valence-corrected chi connectivity index (χ2v) is 9.87. The molecule has 2 amide bonds. The Balaban J connectivity index is 1.90. The number of halogens is 1. The lowest BCUT2D eigenvalue weighted by Crippen LogP contribution is -2.41. The molecule has 0 unspecified atom stereocenters. The van der Waals surface area contributed by atoms with Gasteiger partial charge in [0, 0.05) is 12.6 Å². The Bertz CT molecular complexity index is 986. The van der Waals surface area contributed by atoms with Crippen molar-refractivity contribution in [1.29, 1.82) is 0 Å². The number of carboxylic acids is 1. The number of carboxylic acid groups (broad SMARTS) is 1. The third-order valence-electron chi connectivity index (χ3n) is 6.58. The Hall–Kier alpha value is -3.23. The second kappa shape index (κ2) is 12.0. The molecule has 8 nitrogen and oxygen atoms in total. The number of urea groups is 1. The van der Waals surface area contributed by atoms with Gasteiger partial charge in [0.25, 0.3) is 0 Å². The van der Waals surface area contributed by atoms with Crippen molar-refractivity contribution in [2.45, 2.75) is 65.3 Å². The quantitative estimate of drug-likeness (QED) is 0.391. The molecular weight excluding hydrogens is 449 g/mol. The predicted molar refractivity (Wildman–Crippen MR) is 133 cm³/mol. The number of hydrogen-bond acceptors (Lipinski definition) is 5. The number of aromatic nitrogens is 2. The predicted octanol–water partition coefficient (Wildman–Crippen LogP) is 5.25. The van der Waals surface area contributed by atoms with E-state index in [-0.39, 0.29) is 17.7 Å². The number of hydrogen-bond donors (Lipinski definition) is 3. The van der Waals surface area contributed by atoms with E-state index >= 15 is 4.39 Å². The Morgan fingerprint density at radius 1 is 1.23 bits per heavy atom. The van der Waals surface area contributed by atoms with Crippen LogP contribution in [0.1, 0.15) is 59.3 Å². The largest absolute Gasteiger partial charge is 0.481 e. The Morgan fingerprint density at radius 3 is 2.46 bits per heavy atom. The van der Waals surface area contributed by atoms with Crippen LogP contribution in [0, 0.1) is 17.8 Å². The van der Waals surface area contributed by atoms with Crippen LogP contribution in [-0.4, -0.2) is 44.6 Å². The molecule has 0 aromatic carbocycles. The van der Waals surface area contributed by atoms with Crippen molar-refractivity contribution in [3.05, 3.63) is 54.2 Å². The van der Waals surface area contributed by atoms with Gasteiger partial charge in [0.05, 0.1) is 35.4 Å². The fourth-order valence-electron chi connectivity index (χ4n) is 4.66. The van der Waals surface area contributed by atoms with Crippen LogP contribution in [0.4, 0.5) is 14.9 Å². The summed E-state index contributed by atoms with van der Waals surface area (Å²) >= 11 is 0. The minimum Gasteiger partial charge on any atom is -0.481 e. The highest BCUT2D eigenvalue weighted by atomic mass is 19.1. The first-order chi connectivity index (χ1) is 16.7. The summed E-state index contributed by atoms with van der Waals surface area (Å²) < 4.78 is 15.5. The van der Waals surface area contributed by atoms with Gasteiger partial charge in [-0.3, -0.25) is 4.79 Å². The van der Waals surface area contributed by atoms with Crippen LogP contribution in [0.25, 0.3) is 0 Å².